The summed E-state index contributed by atoms with van der Waals surface area (Å²) in [4.78, 5) is 24.7. The summed E-state index contributed by atoms with van der Waals surface area (Å²) in [7, 11) is -4.05. The number of ether oxygens (including phenoxy) is 1. The fourth-order valence-corrected chi connectivity index (χ4v) is 3.92. The highest BCUT2D eigenvalue weighted by molar-refractivity contribution is 7.89. The Morgan fingerprint density at radius 2 is 1.81 bits per heavy atom. The van der Waals surface area contributed by atoms with Crippen molar-refractivity contribution in [2.75, 3.05) is 6.61 Å². The lowest BCUT2D eigenvalue weighted by molar-refractivity contribution is 0.0474. The fraction of sp³-hybridized carbons (Fsp3) is 0.143. The van der Waals surface area contributed by atoms with Crippen LogP contribution in [0.15, 0.2) is 53.4 Å². The number of benzene rings is 2. The van der Waals surface area contributed by atoms with Gasteiger partial charge in [-0.1, -0.05) is 17.7 Å². The minimum Gasteiger partial charge on any atom is -0.454 e. The number of Topliss-reactive ketones (excluding diaryl/α,β-unsaturated/α-hetero) is 1. The summed E-state index contributed by atoms with van der Waals surface area (Å²) >= 11 is 5.95. The van der Waals surface area contributed by atoms with Gasteiger partial charge in [0.2, 0.25) is 15.8 Å². The van der Waals surface area contributed by atoms with Gasteiger partial charge in [-0.2, -0.15) is 0 Å². The topological polar surface area (TPSA) is 108 Å². The zero-order valence-electron chi connectivity index (χ0n) is 16.6. The molecule has 162 valence electrons. The maximum atomic E-state index is 13.6. The number of rotatable bonds is 6. The fourth-order valence-electron chi connectivity index (χ4n) is 3.18. The van der Waals surface area contributed by atoms with E-state index in [0.29, 0.717) is 22.6 Å². The van der Waals surface area contributed by atoms with E-state index in [9.17, 15) is 22.4 Å². The first-order valence-corrected chi connectivity index (χ1v) is 10.9. The maximum absolute atomic E-state index is 13.6. The summed E-state index contributed by atoms with van der Waals surface area (Å²) in [5, 5.41) is 5.01. The van der Waals surface area contributed by atoms with Gasteiger partial charge in [-0.15, -0.1) is 0 Å². The van der Waals surface area contributed by atoms with Crippen LogP contribution in [0.3, 0.4) is 0 Å². The second-order valence-corrected chi connectivity index (χ2v) is 8.75. The molecule has 0 atom stereocenters. The van der Waals surface area contributed by atoms with Gasteiger partial charge in [0.1, 0.15) is 5.82 Å². The molecule has 0 saturated heterocycles. The molecule has 2 aromatic carbocycles. The molecule has 0 bridgehead atoms. The smallest absolute Gasteiger partial charge is 0.340 e. The Balaban J connectivity index is 1.81. The van der Waals surface area contributed by atoms with Gasteiger partial charge in [0.25, 0.3) is 0 Å². The van der Waals surface area contributed by atoms with Gasteiger partial charge in [-0.25, -0.2) is 22.7 Å². The number of hydrogen-bond donors (Lipinski definition) is 1. The van der Waals surface area contributed by atoms with Crippen LogP contribution in [0.25, 0.3) is 5.69 Å². The van der Waals surface area contributed by atoms with Gasteiger partial charge in [0.05, 0.1) is 15.5 Å². The van der Waals surface area contributed by atoms with E-state index in [1.54, 1.807) is 36.6 Å². The normalized spacial score (nSPS) is 11.4. The lowest BCUT2D eigenvalue weighted by Gasteiger charge is -2.10. The summed E-state index contributed by atoms with van der Waals surface area (Å²) in [6, 6.07) is 10.9. The Labute approximate surface area is 183 Å². The molecule has 0 saturated carbocycles. The van der Waals surface area contributed by atoms with Crippen molar-refractivity contribution < 1.29 is 27.1 Å². The third kappa shape index (κ3) is 4.84. The molecule has 0 unspecified atom stereocenters. The number of nitrogens with zero attached hydrogens (tertiary/aromatic N) is 1. The maximum Gasteiger partial charge on any atom is 0.340 e. The molecule has 0 aliphatic rings. The van der Waals surface area contributed by atoms with Crippen LogP contribution in [-0.4, -0.2) is 31.3 Å². The minimum atomic E-state index is -4.05. The largest absolute Gasteiger partial charge is 0.454 e. The molecule has 31 heavy (non-hydrogen) atoms. The Kier molecular flexibility index (Phi) is 6.30. The Bertz CT molecular complexity index is 1300. The van der Waals surface area contributed by atoms with E-state index >= 15 is 0 Å². The highest BCUT2D eigenvalue weighted by atomic mass is 35.5. The first kappa shape index (κ1) is 22.7. The van der Waals surface area contributed by atoms with Crippen LogP contribution < -0.4 is 5.14 Å². The number of aromatic nitrogens is 1. The van der Waals surface area contributed by atoms with Gasteiger partial charge in [-0.05, 0) is 56.3 Å². The van der Waals surface area contributed by atoms with E-state index in [2.05, 4.69) is 0 Å². The Hall–Kier alpha value is -3.01. The standard InChI is InChI=1S/C21H18ClFN2O5S/c1-12-8-17(13(2)25(12)15-5-3-4-14(23)9-15)20(26)11-30-21(27)18-10-16(31(24,28)29)6-7-19(18)22/h3-10H,11H2,1-2H3,(H2,24,28,29). The highest BCUT2D eigenvalue weighted by Gasteiger charge is 2.21. The number of sulfonamides is 1. The van der Waals surface area contributed by atoms with E-state index in [1.165, 1.54) is 18.2 Å². The summed E-state index contributed by atoms with van der Waals surface area (Å²) in [6.45, 7) is 2.86. The molecule has 2 N–H and O–H groups in total. The molecular formula is C21H18ClFN2O5S. The molecule has 7 nitrogen and oxygen atoms in total. The molecule has 1 aromatic heterocycles. The molecule has 0 radical (unpaired) electrons. The monoisotopic (exact) mass is 464 g/mol. The predicted molar refractivity (Wildman–Crippen MR) is 113 cm³/mol. The predicted octanol–water partition coefficient (Wildman–Crippen LogP) is 3.57. The van der Waals surface area contributed by atoms with Crippen LogP contribution in [0.2, 0.25) is 5.02 Å². The number of nitrogens with two attached hydrogens (primary N) is 1. The second kappa shape index (κ2) is 8.62. The molecule has 10 heteroatoms. The Morgan fingerprint density at radius 3 is 2.45 bits per heavy atom. The van der Waals surface area contributed by atoms with Crippen molar-refractivity contribution in [3.05, 3.63) is 81.9 Å². The number of esters is 1. The molecule has 0 spiro atoms. The van der Waals surface area contributed by atoms with Crippen LogP contribution >= 0.6 is 11.6 Å². The third-order valence-corrected chi connectivity index (χ3v) is 5.86. The summed E-state index contributed by atoms with van der Waals surface area (Å²) in [6.07, 6.45) is 0. The molecule has 0 aliphatic heterocycles. The van der Waals surface area contributed by atoms with E-state index in [1.807, 2.05) is 0 Å². The molecular weight excluding hydrogens is 447 g/mol. The van der Waals surface area contributed by atoms with Crippen molar-refractivity contribution in [3.8, 4) is 5.69 Å². The third-order valence-electron chi connectivity index (χ3n) is 4.62. The van der Waals surface area contributed by atoms with E-state index in [0.717, 1.165) is 12.1 Å². The van der Waals surface area contributed by atoms with Crippen molar-refractivity contribution in [2.24, 2.45) is 5.14 Å². The zero-order valence-corrected chi connectivity index (χ0v) is 18.1. The lowest BCUT2D eigenvalue weighted by Crippen LogP contribution is -2.17. The van der Waals surface area contributed by atoms with Crippen molar-refractivity contribution in [1.82, 2.24) is 4.57 Å². The molecule has 0 amide bonds. The first-order chi connectivity index (χ1) is 14.5. The summed E-state index contributed by atoms with van der Waals surface area (Å²) < 4.78 is 43.3. The summed E-state index contributed by atoms with van der Waals surface area (Å²) in [5.41, 5.74) is 1.88. The average molecular weight is 465 g/mol. The van der Waals surface area contributed by atoms with Gasteiger partial charge in [0.15, 0.2) is 6.61 Å². The SMILES string of the molecule is Cc1cc(C(=O)COC(=O)c2cc(S(N)(=O)=O)ccc2Cl)c(C)n1-c1cccc(F)c1. The first-order valence-electron chi connectivity index (χ1n) is 8.96. The van der Waals surface area contributed by atoms with Crippen molar-refractivity contribution in [1.29, 1.82) is 0 Å². The van der Waals surface area contributed by atoms with E-state index < -0.39 is 34.2 Å². The number of carbonyl (C=O) groups excluding carboxylic acids is 2. The van der Waals surface area contributed by atoms with Crippen LogP contribution in [0.5, 0.6) is 0 Å². The van der Waals surface area contributed by atoms with Crippen LogP contribution in [0.1, 0.15) is 32.1 Å². The van der Waals surface area contributed by atoms with E-state index in [-0.39, 0.29) is 15.5 Å². The number of hydrogen-bond acceptors (Lipinski definition) is 5. The van der Waals surface area contributed by atoms with E-state index in [4.69, 9.17) is 21.5 Å². The quantitative estimate of drug-likeness (QED) is 0.443. The van der Waals surface area contributed by atoms with Crippen molar-refractivity contribution >= 4 is 33.4 Å². The number of primary sulfonamides is 1. The molecule has 3 rings (SSSR count). The van der Waals surface area contributed by atoms with Crippen molar-refractivity contribution in [2.45, 2.75) is 18.7 Å². The molecule has 0 fully saturated rings. The van der Waals surface area contributed by atoms with Crippen LogP contribution in [0.4, 0.5) is 4.39 Å². The number of carbonyl (C=O) groups is 2. The number of aryl methyl sites for hydroxylation is 1. The lowest BCUT2D eigenvalue weighted by atomic mass is 10.1. The van der Waals surface area contributed by atoms with Gasteiger partial charge < -0.3 is 9.30 Å². The van der Waals surface area contributed by atoms with Crippen LogP contribution in [-0.2, 0) is 14.8 Å². The second-order valence-electron chi connectivity index (χ2n) is 6.79. The van der Waals surface area contributed by atoms with Gasteiger partial charge >= 0.3 is 5.97 Å². The Morgan fingerprint density at radius 1 is 1.10 bits per heavy atom. The molecule has 0 aliphatic carbocycles. The van der Waals surface area contributed by atoms with Gasteiger partial charge in [0, 0.05) is 22.6 Å². The zero-order chi connectivity index (χ0) is 22.9. The number of halogens is 2. The average Bonchev–Trinajstić information content (AvgIpc) is 2.99. The van der Waals surface area contributed by atoms with Crippen LogP contribution in [0, 0.1) is 19.7 Å². The minimum absolute atomic E-state index is 0.0471. The van der Waals surface area contributed by atoms with Gasteiger partial charge in [-0.3, -0.25) is 4.79 Å². The number of ketones is 1. The van der Waals surface area contributed by atoms with Crippen molar-refractivity contribution in [3.63, 3.8) is 0 Å². The summed E-state index contributed by atoms with van der Waals surface area (Å²) in [5.74, 6) is -1.86. The molecule has 3 aromatic rings. The molecule has 1 heterocycles. The highest BCUT2D eigenvalue weighted by Crippen LogP contribution is 2.23.